The Morgan fingerprint density at radius 3 is 1.20 bits per heavy atom. The van der Waals surface area contributed by atoms with E-state index in [1.807, 2.05) is 0 Å². The fourth-order valence-electron chi connectivity index (χ4n) is 0. The summed E-state index contributed by atoms with van der Waals surface area (Å²) in [6.07, 6.45) is 0. The van der Waals surface area contributed by atoms with Crippen LogP contribution in [0.2, 0.25) is 0 Å². The zero-order valence-electron chi connectivity index (χ0n) is 2.42. The van der Waals surface area contributed by atoms with Gasteiger partial charge in [0.15, 0.2) is 0 Å². The van der Waals surface area contributed by atoms with Gasteiger partial charge in [-0.15, -0.1) is 0 Å². The van der Waals surface area contributed by atoms with Crippen molar-refractivity contribution in [3.63, 3.8) is 0 Å². The SMILES string of the molecule is [F][La].[F][Mg][F]. The molecular weight excluding hydrogens is 220 g/mol. The molecule has 0 aliphatic rings. The minimum absolute atomic E-state index is 0.333. The second-order valence-electron chi connectivity index (χ2n) is 0.101. The molecule has 0 unspecified atom stereocenters. The van der Waals surface area contributed by atoms with Crippen LogP contribution < -0.4 is 0 Å². The van der Waals surface area contributed by atoms with Crippen LogP contribution >= 0.6 is 0 Å². The molecule has 26 valence electrons. The van der Waals surface area contributed by atoms with E-state index in [1.165, 1.54) is 0 Å². The number of hydrogen-bond acceptors (Lipinski definition) is 0. The number of rotatable bonds is 0. The van der Waals surface area contributed by atoms with E-state index in [-0.39, 0.29) is 34.5 Å². The van der Waals surface area contributed by atoms with Gasteiger partial charge in [0.05, 0.1) is 0 Å². The van der Waals surface area contributed by atoms with E-state index in [1.54, 1.807) is 0 Å². The third kappa shape index (κ3) is 26.4. The normalized spacial score (nSPS) is 2.80. The summed E-state index contributed by atoms with van der Waals surface area (Å²) >= 11 is -2.92. The van der Waals surface area contributed by atoms with Crippen molar-refractivity contribution in [2.75, 3.05) is 0 Å². The molecule has 0 heterocycles. The van der Waals surface area contributed by atoms with Gasteiger partial charge >= 0.3 is 57.6 Å². The molecule has 0 aromatic rings. The van der Waals surface area contributed by atoms with Gasteiger partial charge in [-0.1, -0.05) is 0 Å². The average molecular weight is 220 g/mol. The van der Waals surface area contributed by atoms with Crippen LogP contribution in [0.25, 0.3) is 0 Å². The van der Waals surface area contributed by atoms with Crippen LogP contribution in [0.4, 0.5) is 7.52 Å². The first-order valence-electron chi connectivity index (χ1n) is 0.753. The summed E-state index contributed by atoms with van der Waals surface area (Å²) < 4.78 is 29.2. The summed E-state index contributed by atoms with van der Waals surface area (Å²) in [5, 5.41) is 0. The van der Waals surface area contributed by atoms with Gasteiger partial charge in [0.2, 0.25) is 0 Å². The first kappa shape index (κ1) is 9.89. The monoisotopic (exact) mass is 220 g/mol. The van der Waals surface area contributed by atoms with Crippen LogP contribution in [0.5, 0.6) is 0 Å². The minimum Gasteiger partial charge on any atom is -0.440 e. The largest absolute Gasteiger partial charge is 0.879 e. The molecule has 0 aliphatic carbocycles. The van der Waals surface area contributed by atoms with Crippen molar-refractivity contribution in [3.8, 4) is 0 Å². The Morgan fingerprint density at radius 2 is 1.20 bits per heavy atom. The molecule has 0 aromatic heterocycles. The fraction of sp³-hybridized carbons (Fsp3) is 0. The summed E-state index contributed by atoms with van der Waals surface area (Å²) in [4.78, 5) is 0. The molecule has 0 aliphatic heterocycles. The molecular formula is F3LaMg. The first-order valence-corrected chi connectivity index (χ1v) is 3.19. The topological polar surface area (TPSA) is 0 Å². The van der Waals surface area contributed by atoms with Gasteiger partial charge in [0, 0.05) is 0 Å². The van der Waals surface area contributed by atoms with Crippen LogP contribution in [0, 0.1) is 34.5 Å². The molecule has 0 atom stereocenters. The molecule has 0 amide bonds. The molecule has 0 rings (SSSR count). The smallest absolute Gasteiger partial charge is 0.440 e. The van der Waals surface area contributed by atoms with Gasteiger partial charge in [0.25, 0.3) is 0 Å². The molecule has 0 saturated heterocycles. The van der Waals surface area contributed by atoms with E-state index in [0.717, 1.165) is 0 Å². The molecule has 0 radical (unpaired) electrons. The number of hydrogen-bond donors (Lipinski definition) is 0. The Kier molecular flexibility index (Phi) is 33.9. The predicted octanol–water partition coefficient (Wildman–Crippen LogP) is 0.880. The summed E-state index contributed by atoms with van der Waals surface area (Å²) in [6, 6.07) is 0. The maximum absolute atomic E-state index is 9.76. The van der Waals surface area contributed by atoms with Crippen molar-refractivity contribution >= 4 is 21.5 Å². The van der Waals surface area contributed by atoms with Crippen molar-refractivity contribution in [1.29, 1.82) is 0 Å². The molecule has 0 N–H and O–H groups in total. The Balaban J connectivity index is 0. The number of halogens is 3. The van der Waals surface area contributed by atoms with E-state index in [4.69, 9.17) is 0 Å². The maximum Gasteiger partial charge on any atom is 0.879 e. The molecule has 0 aromatic carbocycles. The molecule has 5 heavy (non-hydrogen) atoms. The van der Waals surface area contributed by atoms with Crippen molar-refractivity contribution in [2.45, 2.75) is 0 Å². The molecule has 0 saturated carbocycles. The zero-order chi connectivity index (χ0) is 4.71. The Morgan fingerprint density at radius 1 is 1.20 bits per heavy atom. The third-order valence-electron chi connectivity index (χ3n) is 0. The molecule has 5 heteroatoms. The van der Waals surface area contributed by atoms with Crippen LogP contribution in [0.15, 0.2) is 0 Å². The molecule has 0 fully saturated rings. The fourth-order valence-corrected chi connectivity index (χ4v) is 0. The molecule has 0 nitrogen and oxygen atoms in total. The van der Waals surface area contributed by atoms with Crippen LogP contribution in [-0.4, -0.2) is 21.5 Å². The van der Waals surface area contributed by atoms with Gasteiger partial charge < -0.3 is 5.91 Å². The average Bonchev–Trinajstić information content (AvgIpc) is 1.46. The van der Waals surface area contributed by atoms with Crippen molar-refractivity contribution in [3.05, 3.63) is 0 Å². The van der Waals surface area contributed by atoms with E-state index >= 15 is 0 Å². The van der Waals surface area contributed by atoms with Gasteiger partial charge in [-0.05, 0) is 0 Å². The van der Waals surface area contributed by atoms with E-state index in [9.17, 15) is 7.52 Å². The second kappa shape index (κ2) is 17.2. The van der Waals surface area contributed by atoms with Crippen molar-refractivity contribution in [1.82, 2.24) is 0 Å². The quantitative estimate of drug-likeness (QED) is 0.532. The van der Waals surface area contributed by atoms with Gasteiger partial charge in [-0.3, -0.25) is 0 Å². The summed E-state index contributed by atoms with van der Waals surface area (Å²) in [6.45, 7) is 0. The van der Waals surface area contributed by atoms with E-state index < -0.39 is 21.5 Å². The Hall–Kier alpha value is 1.75. The minimum atomic E-state index is -2.58. The third-order valence-corrected chi connectivity index (χ3v) is 0. The molecule has 0 bridgehead atoms. The standard InChI is InChI=1S/3FH.La.Mg/h3*1H;;/q;;;+1;+2/p-3. The van der Waals surface area contributed by atoms with Gasteiger partial charge in [-0.25, -0.2) is 0 Å². The Bertz CT molecular complexity index is 6.85. The van der Waals surface area contributed by atoms with Crippen molar-refractivity contribution in [2.24, 2.45) is 0 Å². The van der Waals surface area contributed by atoms with Gasteiger partial charge in [-0.2, -0.15) is 0 Å². The van der Waals surface area contributed by atoms with Crippen LogP contribution in [0.3, 0.4) is 0 Å². The van der Waals surface area contributed by atoms with Crippen molar-refractivity contribution < 1.29 is 42.0 Å². The van der Waals surface area contributed by atoms with E-state index in [0.29, 0.717) is 0 Å². The summed E-state index contributed by atoms with van der Waals surface area (Å²) in [7, 11) is 0. The maximum atomic E-state index is 9.76. The zero-order valence-corrected chi connectivity index (χ0v) is 7.46. The second-order valence-corrected chi connectivity index (χ2v) is 0.303. The summed E-state index contributed by atoms with van der Waals surface area (Å²) in [5.41, 5.74) is 0. The first-order chi connectivity index (χ1) is 2.41. The van der Waals surface area contributed by atoms with Crippen LogP contribution in [0.1, 0.15) is 0 Å². The summed E-state index contributed by atoms with van der Waals surface area (Å²) in [5.74, 6) is 0. The van der Waals surface area contributed by atoms with Crippen LogP contribution in [-0.2, 0) is 0 Å². The molecule has 0 spiro atoms. The van der Waals surface area contributed by atoms with E-state index in [2.05, 4.69) is 0 Å². The Labute approximate surface area is 62.6 Å². The predicted molar refractivity (Wildman–Crippen MR) is 9.08 cm³/mol. The van der Waals surface area contributed by atoms with Gasteiger partial charge in [0.1, 0.15) is 0 Å².